The Kier molecular flexibility index (Phi) is 5.36. The van der Waals surface area contributed by atoms with Crippen molar-refractivity contribution in [3.8, 4) is 0 Å². The van der Waals surface area contributed by atoms with Gasteiger partial charge in [-0.3, -0.25) is 14.4 Å². The molecule has 1 amide bonds. The molecule has 0 bridgehead atoms. The van der Waals surface area contributed by atoms with Gasteiger partial charge in [-0.2, -0.15) is 0 Å². The Morgan fingerprint density at radius 3 is 2.57 bits per heavy atom. The van der Waals surface area contributed by atoms with Crippen LogP contribution in [0.15, 0.2) is 24.3 Å². The van der Waals surface area contributed by atoms with E-state index in [0.29, 0.717) is 19.3 Å². The van der Waals surface area contributed by atoms with Crippen molar-refractivity contribution in [3.05, 3.63) is 29.8 Å². The van der Waals surface area contributed by atoms with Crippen LogP contribution in [0.4, 0.5) is 5.69 Å². The highest BCUT2D eigenvalue weighted by Crippen LogP contribution is 2.40. The molecule has 6 heteroatoms. The van der Waals surface area contributed by atoms with E-state index in [1.54, 1.807) is 0 Å². The second-order valence-electron chi connectivity index (χ2n) is 5.75. The highest BCUT2D eigenvalue weighted by Gasteiger charge is 2.43. The van der Waals surface area contributed by atoms with Crippen LogP contribution in [0, 0.1) is 5.41 Å². The van der Waals surface area contributed by atoms with Crippen molar-refractivity contribution < 1.29 is 23.9 Å². The number of carbonyl (C=O) groups excluding carboxylic acids is 3. The van der Waals surface area contributed by atoms with Crippen LogP contribution in [0.25, 0.3) is 0 Å². The molecule has 0 saturated heterocycles. The highest BCUT2D eigenvalue weighted by atomic mass is 16.5. The number of esters is 2. The number of para-hydroxylation sites is 1. The summed E-state index contributed by atoms with van der Waals surface area (Å²) < 4.78 is 9.38. The van der Waals surface area contributed by atoms with Gasteiger partial charge in [0.1, 0.15) is 0 Å². The minimum absolute atomic E-state index is 0.00909. The molecule has 0 unspecified atom stereocenters. The number of ether oxygens (including phenoxy) is 2. The molecule has 0 fully saturated rings. The molecule has 2 rings (SSSR count). The van der Waals surface area contributed by atoms with Gasteiger partial charge in [0.25, 0.3) is 0 Å². The molecule has 0 saturated carbocycles. The fourth-order valence-electron chi connectivity index (χ4n) is 2.95. The van der Waals surface area contributed by atoms with Crippen molar-refractivity contribution in [2.75, 3.05) is 19.5 Å². The van der Waals surface area contributed by atoms with Gasteiger partial charge in [0.2, 0.25) is 5.91 Å². The third kappa shape index (κ3) is 3.88. The molecule has 1 atom stereocenters. The number of amides is 1. The minimum atomic E-state index is -0.893. The van der Waals surface area contributed by atoms with Gasteiger partial charge in [0, 0.05) is 12.1 Å². The Labute approximate surface area is 135 Å². The maximum absolute atomic E-state index is 12.6. The van der Waals surface area contributed by atoms with E-state index >= 15 is 0 Å². The zero-order valence-electron chi connectivity index (χ0n) is 13.4. The summed E-state index contributed by atoms with van der Waals surface area (Å²) in [5.74, 6) is -0.959. The maximum atomic E-state index is 12.6. The van der Waals surface area contributed by atoms with Gasteiger partial charge in [-0.05, 0) is 30.9 Å². The summed E-state index contributed by atoms with van der Waals surface area (Å²) in [6.07, 6.45) is 1.54. The van der Waals surface area contributed by atoms with Crippen molar-refractivity contribution in [1.82, 2.24) is 0 Å². The molecule has 0 aliphatic carbocycles. The lowest BCUT2D eigenvalue weighted by Gasteiger charge is -2.36. The van der Waals surface area contributed by atoms with E-state index < -0.39 is 11.4 Å². The number of fused-ring (bicyclic) bond motifs is 1. The van der Waals surface area contributed by atoms with Crippen LogP contribution < -0.4 is 5.32 Å². The van der Waals surface area contributed by atoms with Gasteiger partial charge in [0.05, 0.1) is 26.1 Å². The number of carbonyl (C=O) groups is 3. The first-order valence-electron chi connectivity index (χ1n) is 7.54. The Morgan fingerprint density at radius 2 is 1.87 bits per heavy atom. The number of hydrogen-bond acceptors (Lipinski definition) is 5. The van der Waals surface area contributed by atoms with Gasteiger partial charge in [-0.1, -0.05) is 18.2 Å². The predicted octanol–water partition coefficient (Wildman–Crippen LogP) is 2.07. The van der Waals surface area contributed by atoms with Crippen molar-refractivity contribution in [2.24, 2.45) is 5.41 Å². The fraction of sp³-hybridized carbons (Fsp3) is 0.471. The van der Waals surface area contributed by atoms with E-state index in [-0.39, 0.29) is 24.7 Å². The maximum Gasteiger partial charge on any atom is 0.306 e. The summed E-state index contributed by atoms with van der Waals surface area (Å²) in [4.78, 5) is 35.7. The first kappa shape index (κ1) is 17.0. The molecule has 1 aromatic carbocycles. The molecule has 124 valence electrons. The minimum Gasteiger partial charge on any atom is -0.469 e. The summed E-state index contributed by atoms with van der Waals surface area (Å²) in [6, 6.07) is 7.52. The van der Waals surface area contributed by atoms with Crippen LogP contribution in [0.3, 0.4) is 0 Å². The largest absolute Gasteiger partial charge is 0.469 e. The van der Waals surface area contributed by atoms with Crippen LogP contribution in [-0.2, 0) is 30.3 Å². The van der Waals surface area contributed by atoms with Crippen LogP contribution in [0.2, 0.25) is 0 Å². The molecule has 0 aromatic heterocycles. The summed E-state index contributed by atoms with van der Waals surface area (Å²) >= 11 is 0. The lowest BCUT2D eigenvalue weighted by atomic mass is 9.71. The van der Waals surface area contributed by atoms with Gasteiger partial charge in [-0.25, -0.2) is 0 Å². The van der Waals surface area contributed by atoms with E-state index in [4.69, 9.17) is 4.74 Å². The second-order valence-corrected chi connectivity index (χ2v) is 5.75. The van der Waals surface area contributed by atoms with E-state index in [1.165, 1.54) is 14.2 Å². The standard InChI is InChI=1S/C17H21NO5/c1-22-14(19)8-5-9-17(11-15(20)23-2)10-12-6-3-4-7-13(12)18-16(17)21/h3-4,6-7H,5,8-11H2,1-2H3,(H,18,21)/t17-/m0/s1. The lowest BCUT2D eigenvalue weighted by Crippen LogP contribution is -2.43. The molecular formula is C17H21NO5. The van der Waals surface area contributed by atoms with E-state index in [2.05, 4.69) is 10.1 Å². The van der Waals surface area contributed by atoms with E-state index in [0.717, 1.165) is 11.3 Å². The van der Waals surface area contributed by atoms with E-state index in [1.807, 2.05) is 24.3 Å². The smallest absolute Gasteiger partial charge is 0.306 e. The Balaban J connectivity index is 2.21. The summed E-state index contributed by atoms with van der Waals surface area (Å²) in [7, 11) is 2.63. The topological polar surface area (TPSA) is 81.7 Å². The van der Waals surface area contributed by atoms with Crippen LogP contribution in [0.5, 0.6) is 0 Å². The first-order valence-corrected chi connectivity index (χ1v) is 7.54. The summed E-state index contributed by atoms with van der Waals surface area (Å²) in [5, 5.41) is 2.87. The van der Waals surface area contributed by atoms with Crippen LogP contribution in [-0.4, -0.2) is 32.1 Å². The first-order chi connectivity index (χ1) is 11.0. The Bertz CT molecular complexity index is 613. The number of nitrogens with one attached hydrogen (secondary N) is 1. The average Bonchev–Trinajstić information content (AvgIpc) is 2.55. The molecular weight excluding hydrogens is 298 g/mol. The zero-order valence-corrected chi connectivity index (χ0v) is 13.4. The van der Waals surface area contributed by atoms with Crippen molar-refractivity contribution in [1.29, 1.82) is 0 Å². The third-order valence-corrected chi connectivity index (χ3v) is 4.25. The third-order valence-electron chi connectivity index (χ3n) is 4.25. The molecule has 1 aliphatic heterocycles. The van der Waals surface area contributed by atoms with Crippen molar-refractivity contribution in [3.63, 3.8) is 0 Å². The lowest BCUT2D eigenvalue weighted by molar-refractivity contribution is -0.147. The van der Waals surface area contributed by atoms with Gasteiger partial charge in [-0.15, -0.1) is 0 Å². The van der Waals surface area contributed by atoms with Gasteiger partial charge in [0.15, 0.2) is 0 Å². The number of benzene rings is 1. The molecule has 6 nitrogen and oxygen atoms in total. The number of methoxy groups -OCH3 is 2. The predicted molar refractivity (Wildman–Crippen MR) is 83.7 cm³/mol. The highest BCUT2D eigenvalue weighted by molar-refractivity contribution is 6.00. The molecule has 23 heavy (non-hydrogen) atoms. The number of anilines is 1. The second kappa shape index (κ2) is 7.26. The number of hydrogen-bond donors (Lipinski definition) is 1. The Hall–Kier alpha value is -2.37. The zero-order chi connectivity index (χ0) is 16.9. The van der Waals surface area contributed by atoms with Crippen molar-refractivity contribution in [2.45, 2.75) is 32.1 Å². The van der Waals surface area contributed by atoms with Gasteiger partial charge >= 0.3 is 11.9 Å². The fourth-order valence-corrected chi connectivity index (χ4v) is 2.95. The quantitative estimate of drug-likeness (QED) is 0.812. The Morgan fingerprint density at radius 1 is 1.17 bits per heavy atom. The average molecular weight is 319 g/mol. The molecule has 0 radical (unpaired) electrons. The molecule has 1 heterocycles. The van der Waals surface area contributed by atoms with Crippen molar-refractivity contribution >= 4 is 23.5 Å². The van der Waals surface area contributed by atoms with Crippen LogP contribution >= 0.6 is 0 Å². The number of rotatable bonds is 6. The normalized spacial score (nSPS) is 19.5. The monoisotopic (exact) mass is 319 g/mol. The van der Waals surface area contributed by atoms with Crippen LogP contribution in [0.1, 0.15) is 31.2 Å². The molecule has 1 aromatic rings. The molecule has 1 aliphatic rings. The molecule has 1 N–H and O–H groups in total. The van der Waals surface area contributed by atoms with E-state index in [9.17, 15) is 14.4 Å². The SMILES string of the molecule is COC(=O)CCC[C@@]1(CC(=O)OC)Cc2ccccc2NC1=O. The summed E-state index contributed by atoms with van der Waals surface area (Å²) in [6.45, 7) is 0. The molecule has 0 spiro atoms. The van der Waals surface area contributed by atoms with Gasteiger partial charge < -0.3 is 14.8 Å². The summed E-state index contributed by atoms with van der Waals surface area (Å²) in [5.41, 5.74) is 0.857.